The van der Waals surface area contributed by atoms with Crippen LogP contribution < -0.4 is 19.9 Å². The van der Waals surface area contributed by atoms with E-state index in [4.69, 9.17) is 19.9 Å². The predicted molar refractivity (Wildman–Crippen MR) is 54.2 cm³/mol. The van der Waals surface area contributed by atoms with Gasteiger partial charge < -0.3 is 19.9 Å². The summed E-state index contributed by atoms with van der Waals surface area (Å²) in [5, 5.41) is 0. The van der Waals surface area contributed by atoms with Crippen molar-refractivity contribution in [2.45, 2.75) is 0 Å². The molecule has 0 radical (unpaired) electrons. The van der Waals surface area contributed by atoms with Crippen LogP contribution >= 0.6 is 0 Å². The van der Waals surface area contributed by atoms with Crippen molar-refractivity contribution in [3.8, 4) is 17.2 Å². The van der Waals surface area contributed by atoms with E-state index in [1.165, 1.54) is 7.11 Å². The van der Waals surface area contributed by atoms with Crippen LogP contribution in [0.2, 0.25) is 0 Å². The van der Waals surface area contributed by atoms with Crippen LogP contribution in [0.5, 0.6) is 17.2 Å². The van der Waals surface area contributed by atoms with Crippen molar-refractivity contribution in [1.29, 1.82) is 0 Å². The number of hydrogen-bond donors (Lipinski definition) is 1. The molecule has 0 aromatic heterocycles. The SMILES string of the molecule is COc1ccc(OC(=O)CN)c(OC)c1. The molecule has 0 amide bonds. The van der Waals surface area contributed by atoms with E-state index in [-0.39, 0.29) is 6.54 Å². The van der Waals surface area contributed by atoms with Crippen molar-refractivity contribution in [2.24, 2.45) is 5.73 Å². The molecule has 1 rings (SSSR count). The Morgan fingerprint density at radius 1 is 1.27 bits per heavy atom. The summed E-state index contributed by atoms with van der Waals surface area (Å²) in [6.07, 6.45) is 0. The highest BCUT2D eigenvalue weighted by Crippen LogP contribution is 2.31. The summed E-state index contributed by atoms with van der Waals surface area (Å²) in [6.45, 7) is -0.171. The lowest BCUT2D eigenvalue weighted by Crippen LogP contribution is -2.19. The van der Waals surface area contributed by atoms with Gasteiger partial charge in [0.05, 0.1) is 20.8 Å². The molecule has 5 heteroatoms. The zero-order valence-electron chi connectivity index (χ0n) is 8.65. The lowest BCUT2D eigenvalue weighted by atomic mass is 10.3. The first kappa shape index (κ1) is 11.3. The Balaban J connectivity index is 2.92. The second kappa shape index (κ2) is 5.21. The number of esters is 1. The Labute approximate surface area is 87.7 Å². The molecule has 0 atom stereocenters. The second-order valence-electron chi connectivity index (χ2n) is 2.69. The molecule has 0 aliphatic carbocycles. The fraction of sp³-hybridized carbons (Fsp3) is 0.300. The summed E-state index contributed by atoms with van der Waals surface area (Å²) < 4.78 is 15.0. The molecule has 5 nitrogen and oxygen atoms in total. The summed E-state index contributed by atoms with van der Waals surface area (Å²) in [7, 11) is 3.02. The van der Waals surface area contributed by atoms with Crippen LogP contribution in [0, 0.1) is 0 Å². The van der Waals surface area contributed by atoms with E-state index in [1.54, 1.807) is 25.3 Å². The van der Waals surface area contributed by atoms with E-state index >= 15 is 0 Å². The van der Waals surface area contributed by atoms with Gasteiger partial charge in [0.1, 0.15) is 5.75 Å². The maximum absolute atomic E-state index is 11.0. The monoisotopic (exact) mass is 211 g/mol. The lowest BCUT2D eigenvalue weighted by molar-refractivity contribution is -0.132. The van der Waals surface area contributed by atoms with E-state index in [0.29, 0.717) is 17.2 Å². The number of carbonyl (C=O) groups excluding carboxylic acids is 1. The molecular formula is C10H13NO4. The van der Waals surface area contributed by atoms with Crippen molar-refractivity contribution >= 4 is 5.97 Å². The molecule has 0 saturated heterocycles. The third-order valence-electron chi connectivity index (χ3n) is 1.76. The molecule has 0 saturated carbocycles. The minimum atomic E-state index is -0.515. The molecule has 1 aromatic rings. The van der Waals surface area contributed by atoms with Gasteiger partial charge in [-0.15, -0.1) is 0 Å². The number of benzene rings is 1. The van der Waals surface area contributed by atoms with Crippen LogP contribution in [0.1, 0.15) is 0 Å². The Hall–Kier alpha value is -1.75. The van der Waals surface area contributed by atoms with Gasteiger partial charge in [-0.2, -0.15) is 0 Å². The normalized spacial score (nSPS) is 9.53. The Morgan fingerprint density at radius 3 is 2.53 bits per heavy atom. The minimum absolute atomic E-state index is 0.171. The van der Waals surface area contributed by atoms with Gasteiger partial charge in [0, 0.05) is 6.07 Å². The molecule has 0 fully saturated rings. The zero-order valence-corrected chi connectivity index (χ0v) is 8.65. The quantitative estimate of drug-likeness (QED) is 0.582. The van der Waals surface area contributed by atoms with Crippen LogP contribution in [-0.2, 0) is 4.79 Å². The average Bonchev–Trinajstić information content (AvgIpc) is 2.29. The molecule has 0 aliphatic rings. The number of ether oxygens (including phenoxy) is 3. The minimum Gasteiger partial charge on any atom is -0.497 e. The Bertz CT molecular complexity index is 351. The van der Waals surface area contributed by atoms with Crippen LogP contribution in [0.25, 0.3) is 0 Å². The summed E-state index contributed by atoms with van der Waals surface area (Å²) >= 11 is 0. The highest BCUT2D eigenvalue weighted by Gasteiger charge is 2.09. The zero-order chi connectivity index (χ0) is 11.3. The van der Waals surface area contributed by atoms with Gasteiger partial charge in [0.15, 0.2) is 11.5 Å². The first-order chi connectivity index (χ1) is 7.21. The molecule has 2 N–H and O–H groups in total. The number of nitrogens with two attached hydrogens (primary N) is 1. The largest absolute Gasteiger partial charge is 0.497 e. The molecule has 0 spiro atoms. The molecule has 15 heavy (non-hydrogen) atoms. The van der Waals surface area contributed by atoms with Crippen LogP contribution in [-0.4, -0.2) is 26.7 Å². The van der Waals surface area contributed by atoms with Crippen LogP contribution in [0.3, 0.4) is 0 Å². The van der Waals surface area contributed by atoms with E-state index in [0.717, 1.165) is 0 Å². The number of methoxy groups -OCH3 is 2. The molecular weight excluding hydrogens is 198 g/mol. The average molecular weight is 211 g/mol. The topological polar surface area (TPSA) is 70.8 Å². The van der Waals surface area contributed by atoms with Gasteiger partial charge in [-0.3, -0.25) is 4.79 Å². The fourth-order valence-electron chi connectivity index (χ4n) is 1.02. The highest BCUT2D eigenvalue weighted by atomic mass is 16.6. The van der Waals surface area contributed by atoms with Gasteiger partial charge in [0.2, 0.25) is 0 Å². The third kappa shape index (κ3) is 2.85. The Kier molecular flexibility index (Phi) is 3.93. The third-order valence-corrected chi connectivity index (χ3v) is 1.76. The van der Waals surface area contributed by atoms with Crippen molar-refractivity contribution in [3.05, 3.63) is 18.2 Å². The molecule has 0 unspecified atom stereocenters. The van der Waals surface area contributed by atoms with Crippen molar-refractivity contribution in [2.75, 3.05) is 20.8 Å². The van der Waals surface area contributed by atoms with Gasteiger partial charge in [-0.1, -0.05) is 0 Å². The van der Waals surface area contributed by atoms with Crippen molar-refractivity contribution in [1.82, 2.24) is 0 Å². The second-order valence-corrected chi connectivity index (χ2v) is 2.69. The fourth-order valence-corrected chi connectivity index (χ4v) is 1.02. The van der Waals surface area contributed by atoms with Gasteiger partial charge in [-0.05, 0) is 12.1 Å². The smallest absolute Gasteiger partial charge is 0.325 e. The standard InChI is InChI=1S/C10H13NO4/c1-13-7-3-4-8(9(5-7)14-2)15-10(12)6-11/h3-5H,6,11H2,1-2H3. The molecule has 1 aromatic carbocycles. The van der Waals surface area contributed by atoms with Crippen LogP contribution in [0.4, 0.5) is 0 Å². The summed E-state index contributed by atoms with van der Waals surface area (Å²) in [5.41, 5.74) is 5.13. The van der Waals surface area contributed by atoms with Crippen LogP contribution in [0.15, 0.2) is 18.2 Å². The van der Waals surface area contributed by atoms with E-state index in [9.17, 15) is 4.79 Å². The predicted octanol–water partition coefficient (Wildman–Crippen LogP) is 0.568. The highest BCUT2D eigenvalue weighted by molar-refractivity contribution is 5.75. The van der Waals surface area contributed by atoms with E-state index in [2.05, 4.69) is 0 Å². The van der Waals surface area contributed by atoms with E-state index < -0.39 is 5.97 Å². The summed E-state index contributed by atoms with van der Waals surface area (Å²) in [4.78, 5) is 11.0. The Morgan fingerprint density at radius 2 is 2.00 bits per heavy atom. The number of carbonyl (C=O) groups is 1. The van der Waals surface area contributed by atoms with Gasteiger partial charge >= 0.3 is 5.97 Å². The number of hydrogen-bond acceptors (Lipinski definition) is 5. The maximum Gasteiger partial charge on any atom is 0.325 e. The van der Waals surface area contributed by atoms with E-state index in [1.807, 2.05) is 0 Å². The molecule has 0 heterocycles. The number of rotatable bonds is 4. The molecule has 82 valence electrons. The first-order valence-corrected chi connectivity index (χ1v) is 4.34. The summed E-state index contributed by atoms with van der Waals surface area (Å²) in [5.74, 6) is 0.864. The first-order valence-electron chi connectivity index (χ1n) is 4.34. The molecule has 0 aliphatic heterocycles. The summed E-state index contributed by atoms with van der Waals surface area (Å²) in [6, 6.07) is 4.88. The molecule has 0 bridgehead atoms. The lowest BCUT2D eigenvalue weighted by Gasteiger charge is -2.09. The van der Waals surface area contributed by atoms with Gasteiger partial charge in [-0.25, -0.2) is 0 Å². The van der Waals surface area contributed by atoms with Gasteiger partial charge in [0.25, 0.3) is 0 Å². The maximum atomic E-state index is 11.0. The van der Waals surface area contributed by atoms with Crippen molar-refractivity contribution < 1.29 is 19.0 Å². The van der Waals surface area contributed by atoms with Crippen molar-refractivity contribution in [3.63, 3.8) is 0 Å².